The van der Waals surface area contributed by atoms with Crippen LogP contribution in [0.15, 0.2) is 6.07 Å². The van der Waals surface area contributed by atoms with Gasteiger partial charge in [-0.25, -0.2) is 4.79 Å². The zero-order valence-corrected chi connectivity index (χ0v) is 14.4. The van der Waals surface area contributed by atoms with Crippen LogP contribution in [0.2, 0.25) is 0 Å². The van der Waals surface area contributed by atoms with Gasteiger partial charge in [0.1, 0.15) is 5.69 Å². The van der Waals surface area contributed by atoms with Crippen LogP contribution in [0.4, 0.5) is 0 Å². The Morgan fingerprint density at radius 1 is 1.30 bits per heavy atom. The van der Waals surface area contributed by atoms with Crippen LogP contribution in [0.3, 0.4) is 0 Å². The minimum atomic E-state index is -0.475. The standard InChI is InChI=1S/C17H27N3O3/c1-4-9-13-10-7-8-11-19(13)16(21)15-12-14(17(22)23-6-3)18-20(15)5-2/h12-13H,4-11H2,1-3H3. The maximum atomic E-state index is 13.0. The molecule has 0 aliphatic carbocycles. The first-order valence-electron chi connectivity index (χ1n) is 8.68. The Labute approximate surface area is 137 Å². The van der Waals surface area contributed by atoms with Crippen LogP contribution in [0.1, 0.15) is 73.9 Å². The summed E-state index contributed by atoms with van der Waals surface area (Å²) < 4.78 is 6.59. The van der Waals surface area contributed by atoms with E-state index in [1.54, 1.807) is 17.7 Å². The molecular formula is C17H27N3O3. The number of aromatic nitrogens is 2. The molecule has 0 N–H and O–H groups in total. The van der Waals surface area contributed by atoms with E-state index in [-0.39, 0.29) is 11.6 Å². The third-order valence-corrected chi connectivity index (χ3v) is 4.29. The topological polar surface area (TPSA) is 64.4 Å². The molecule has 2 heterocycles. The number of rotatable bonds is 6. The molecule has 6 heteroatoms. The number of carbonyl (C=O) groups excluding carboxylic acids is 2. The van der Waals surface area contributed by atoms with Crippen molar-refractivity contribution in [2.24, 2.45) is 0 Å². The molecule has 1 aromatic heterocycles. The zero-order chi connectivity index (χ0) is 16.8. The number of nitrogens with zero attached hydrogens (tertiary/aromatic N) is 3. The average molecular weight is 321 g/mol. The van der Waals surface area contributed by atoms with Crippen molar-refractivity contribution < 1.29 is 14.3 Å². The predicted molar refractivity (Wildman–Crippen MR) is 87.4 cm³/mol. The minimum Gasteiger partial charge on any atom is -0.461 e. The van der Waals surface area contributed by atoms with Gasteiger partial charge >= 0.3 is 5.97 Å². The lowest BCUT2D eigenvalue weighted by molar-refractivity contribution is 0.0517. The van der Waals surface area contributed by atoms with Crippen LogP contribution in [-0.2, 0) is 11.3 Å². The number of hydrogen-bond acceptors (Lipinski definition) is 4. The smallest absolute Gasteiger partial charge is 0.358 e. The van der Waals surface area contributed by atoms with Crippen LogP contribution < -0.4 is 0 Å². The molecule has 6 nitrogen and oxygen atoms in total. The summed E-state index contributed by atoms with van der Waals surface area (Å²) in [5.74, 6) is -0.495. The Morgan fingerprint density at radius 3 is 2.74 bits per heavy atom. The van der Waals surface area contributed by atoms with Crippen LogP contribution in [0.25, 0.3) is 0 Å². The Morgan fingerprint density at radius 2 is 2.09 bits per heavy atom. The monoisotopic (exact) mass is 321 g/mol. The van der Waals surface area contributed by atoms with E-state index in [2.05, 4.69) is 12.0 Å². The molecule has 0 aromatic carbocycles. The van der Waals surface area contributed by atoms with E-state index in [1.807, 2.05) is 11.8 Å². The van der Waals surface area contributed by atoms with Crippen molar-refractivity contribution in [3.05, 3.63) is 17.5 Å². The molecule has 128 valence electrons. The second-order valence-electron chi connectivity index (χ2n) is 5.89. The van der Waals surface area contributed by atoms with Crippen molar-refractivity contribution in [3.63, 3.8) is 0 Å². The highest BCUT2D eigenvalue weighted by molar-refractivity contribution is 5.96. The van der Waals surface area contributed by atoms with E-state index in [0.717, 1.165) is 32.2 Å². The fraction of sp³-hybridized carbons (Fsp3) is 0.706. The number of piperidine rings is 1. The van der Waals surface area contributed by atoms with Gasteiger partial charge in [0.25, 0.3) is 5.91 Å². The lowest BCUT2D eigenvalue weighted by atomic mass is 9.98. The SMILES string of the molecule is CCCC1CCCCN1C(=O)c1cc(C(=O)OCC)nn1CC. The molecule has 1 aliphatic heterocycles. The molecule has 1 saturated heterocycles. The van der Waals surface area contributed by atoms with Crippen molar-refractivity contribution in [1.82, 2.24) is 14.7 Å². The molecule has 1 amide bonds. The van der Waals surface area contributed by atoms with Gasteiger partial charge in [-0.3, -0.25) is 9.48 Å². The summed E-state index contributed by atoms with van der Waals surface area (Å²) in [4.78, 5) is 26.8. The quantitative estimate of drug-likeness (QED) is 0.756. The maximum Gasteiger partial charge on any atom is 0.358 e. The Balaban J connectivity index is 2.24. The highest BCUT2D eigenvalue weighted by Crippen LogP contribution is 2.23. The lowest BCUT2D eigenvalue weighted by Crippen LogP contribution is -2.44. The Bertz CT molecular complexity index is 551. The summed E-state index contributed by atoms with van der Waals surface area (Å²) in [5.41, 5.74) is 0.694. The Hall–Kier alpha value is -1.85. The van der Waals surface area contributed by atoms with Gasteiger partial charge in [0.2, 0.25) is 0 Å². The van der Waals surface area contributed by atoms with Gasteiger partial charge in [0, 0.05) is 25.2 Å². The predicted octanol–water partition coefficient (Wildman–Crippen LogP) is 2.87. The van der Waals surface area contributed by atoms with Crippen molar-refractivity contribution in [2.75, 3.05) is 13.2 Å². The molecule has 23 heavy (non-hydrogen) atoms. The zero-order valence-electron chi connectivity index (χ0n) is 14.4. The minimum absolute atomic E-state index is 0.0203. The second kappa shape index (κ2) is 8.13. The first kappa shape index (κ1) is 17.5. The fourth-order valence-electron chi connectivity index (χ4n) is 3.18. The van der Waals surface area contributed by atoms with Crippen molar-refractivity contribution in [3.8, 4) is 0 Å². The molecule has 2 rings (SSSR count). The molecule has 0 bridgehead atoms. The van der Waals surface area contributed by atoms with Gasteiger partial charge in [-0.2, -0.15) is 5.10 Å². The number of amides is 1. The van der Waals surface area contributed by atoms with Gasteiger partial charge < -0.3 is 9.64 Å². The van der Waals surface area contributed by atoms with Gasteiger partial charge in [-0.1, -0.05) is 13.3 Å². The first-order valence-corrected chi connectivity index (χ1v) is 8.68. The van der Waals surface area contributed by atoms with Crippen LogP contribution in [-0.4, -0.2) is 45.8 Å². The fourth-order valence-corrected chi connectivity index (χ4v) is 3.18. The summed E-state index contributed by atoms with van der Waals surface area (Å²) in [5, 5.41) is 4.23. The molecule has 1 fully saturated rings. The maximum absolute atomic E-state index is 13.0. The summed E-state index contributed by atoms with van der Waals surface area (Å²) in [6.45, 7) is 7.44. The van der Waals surface area contributed by atoms with Gasteiger partial charge in [0.15, 0.2) is 5.69 Å². The molecule has 0 saturated carbocycles. The molecule has 1 atom stereocenters. The Kier molecular flexibility index (Phi) is 6.19. The van der Waals surface area contributed by atoms with Crippen molar-refractivity contribution >= 4 is 11.9 Å². The van der Waals surface area contributed by atoms with Crippen LogP contribution in [0.5, 0.6) is 0 Å². The summed E-state index contributed by atoms with van der Waals surface area (Å²) in [7, 11) is 0. The molecular weight excluding hydrogens is 294 g/mol. The summed E-state index contributed by atoms with van der Waals surface area (Å²) >= 11 is 0. The van der Waals surface area contributed by atoms with Crippen LogP contribution in [0, 0.1) is 0 Å². The van der Waals surface area contributed by atoms with E-state index in [1.165, 1.54) is 6.42 Å². The van der Waals surface area contributed by atoms with E-state index < -0.39 is 5.97 Å². The highest BCUT2D eigenvalue weighted by Gasteiger charge is 2.30. The molecule has 1 unspecified atom stereocenters. The van der Waals surface area contributed by atoms with Gasteiger partial charge in [-0.15, -0.1) is 0 Å². The largest absolute Gasteiger partial charge is 0.461 e. The number of ether oxygens (including phenoxy) is 1. The lowest BCUT2D eigenvalue weighted by Gasteiger charge is -2.35. The number of likely N-dealkylation sites (tertiary alicyclic amines) is 1. The summed E-state index contributed by atoms with van der Waals surface area (Å²) in [6.07, 6.45) is 5.36. The van der Waals surface area contributed by atoms with Crippen molar-refractivity contribution in [2.45, 2.75) is 65.5 Å². The van der Waals surface area contributed by atoms with Gasteiger partial charge in [0.05, 0.1) is 6.61 Å². The van der Waals surface area contributed by atoms with E-state index in [9.17, 15) is 9.59 Å². The molecule has 1 aliphatic rings. The third kappa shape index (κ3) is 3.92. The molecule has 1 aromatic rings. The molecule has 0 spiro atoms. The molecule has 0 radical (unpaired) electrons. The number of hydrogen-bond donors (Lipinski definition) is 0. The number of carbonyl (C=O) groups is 2. The second-order valence-corrected chi connectivity index (χ2v) is 5.89. The highest BCUT2D eigenvalue weighted by atomic mass is 16.5. The number of aryl methyl sites for hydroxylation is 1. The van der Waals surface area contributed by atoms with E-state index >= 15 is 0 Å². The van der Waals surface area contributed by atoms with Crippen LogP contribution >= 0.6 is 0 Å². The third-order valence-electron chi connectivity index (χ3n) is 4.29. The van der Waals surface area contributed by atoms with Gasteiger partial charge in [-0.05, 0) is 39.5 Å². The summed E-state index contributed by atoms with van der Waals surface area (Å²) in [6, 6.07) is 1.87. The van der Waals surface area contributed by atoms with E-state index in [4.69, 9.17) is 4.74 Å². The number of esters is 1. The normalized spacial score (nSPS) is 18.0. The van der Waals surface area contributed by atoms with E-state index in [0.29, 0.717) is 24.9 Å². The average Bonchev–Trinajstić information content (AvgIpc) is 3.00. The first-order chi connectivity index (χ1) is 11.1. The van der Waals surface area contributed by atoms with Crippen molar-refractivity contribution in [1.29, 1.82) is 0 Å².